The number of aromatic nitrogens is 3. The van der Waals surface area contributed by atoms with E-state index in [4.69, 9.17) is 25.8 Å². The summed E-state index contributed by atoms with van der Waals surface area (Å²) in [6, 6.07) is 40.0. The van der Waals surface area contributed by atoms with Gasteiger partial charge in [0.25, 0.3) is 5.88 Å². The average Bonchev–Trinajstić information content (AvgIpc) is 3.46. The molecular weight excluding hydrogens is 578 g/mol. The third-order valence-corrected chi connectivity index (χ3v) is 7.40. The number of nitrogens with zero attached hydrogens (tertiary/aromatic N) is 3. The molecular formula is C35H26ClN3O5. The predicted molar refractivity (Wildman–Crippen MR) is 166 cm³/mol. The number of benzene rings is 5. The molecule has 218 valence electrons. The van der Waals surface area contributed by atoms with Gasteiger partial charge in [-0.2, -0.15) is 0 Å². The van der Waals surface area contributed by atoms with Gasteiger partial charge in [-0.3, -0.25) is 4.79 Å². The number of fused-ring (bicyclic) bond motifs is 1. The Kier molecular flexibility index (Phi) is 8.08. The van der Waals surface area contributed by atoms with Crippen LogP contribution in [0.1, 0.15) is 34.1 Å². The molecule has 0 amide bonds. The van der Waals surface area contributed by atoms with Gasteiger partial charge in [0.05, 0.1) is 0 Å². The second-order valence-corrected chi connectivity index (χ2v) is 10.3. The van der Waals surface area contributed by atoms with E-state index in [1.807, 2.05) is 115 Å². The molecule has 0 N–H and O–H groups in total. The van der Waals surface area contributed by atoms with Gasteiger partial charge >= 0.3 is 11.9 Å². The van der Waals surface area contributed by atoms with Crippen LogP contribution in [0, 0.1) is 0 Å². The summed E-state index contributed by atoms with van der Waals surface area (Å²) in [5.74, 6) is -1.10. The first-order chi connectivity index (χ1) is 21.5. The number of carbonyl (C=O) groups is 2. The minimum Gasteiger partial charge on any atom is -0.436 e. The average molecular weight is 604 g/mol. The second-order valence-electron chi connectivity index (χ2n) is 9.90. The maximum Gasteiger partial charge on any atom is 0.365 e. The number of carbonyl (C=O) groups excluding carboxylic acids is 2. The summed E-state index contributed by atoms with van der Waals surface area (Å²) in [5, 5.41) is 11.4. The van der Waals surface area contributed by atoms with Crippen molar-refractivity contribution in [3.8, 4) is 11.6 Å². The molecule has 0 unspecified atom stereocenters. The second kappa shape index (κ2) is 12.4. The zero-order chi connectivity index (χ0) is 30.5. The lowest BCUT2D eigenvalue weighted by Gasteiger charge is -2.36. The molecule has 5 aromatic carbocycles. The summed E-state index contributed by atoms with van der Waals surface area (Å²) < 4.78 is 18.1. The van der Waals surface area contributed by atoms with Crippen LogP contribution in [0.2, 0.25) is 5.02 Å². The normalized spacial score (nSPS) is 11.2. The lowest BCUT2D eigenvalue weighted by Crippen LogP contribution is -2.40. The first-order valence-corrected chi connectivity index (χ1v) is 14.1. The summed E-state index contributed by atoms with van der Waals surface area (Å²) in [6.07, 6.45) is 0. The molecule has 0 saturated carbocycles. The van der Waals surface area contributed by atoms with E-state index < -0.39 is 24.3 Å². The lowest BCUT2D eigenvalue weighted by molar-refractivity contribution is -0.149. The SMILES string of the molecule is CC(=O)OCOC(=O)c1c(Oc2ccc3cc(Cl)ccc3c2)nnn1C(c1ccccc1)(c1ccccc1)c1ccccc1. The fraction of sp³-hybridized carbons (Fsp3) is 0.0857. The van der Waals surface area contributed by atoms with Gasteiger partial charge in [-0.1, -0.05) is 125 Å². The van der Waals surface area contributed by atoms with Crippen molar-refractivity contribution < 1.29 is 23.8 Å². The summed E-state index contributed by atoms with van der Waals surface area (Å²) in [4.78, 5) is 25.4. The maximum atomic E-state index is 13.9. The van der Waals surface area contributed by atoms with E-state index in [0.717, 1.165) is 27.5 Å². The van der Waals surface area contributed by atoms with Crippen LogP contribution in [-0.4, -0.2) is 33.7 Å². The molecule has 1 heterocycles. The Morgan fingerprint density at radius 1 is 0.727 bits per heavy atom. The van der Waals surface area contributed by atoms with Crippen molar-refractivity contribution in [3.63, 3.8) is 0 Å². The van der Waals surface area contributed by atoms with Gasteiger partial charge in [-0.25, -0.2) is 9.48 Å². The molecule has 0 aliphatic rings. The van der Waals surface area contributed by atoms with Crippen LogP contribution in [0.3, 0.4) is 0 Å². The molecule has 6 rings (SSSR count). The van der Waals surface area contributed by atoms with Gasteiger partial charge in [0, 0.05) is 11.9 Å². The van der Waals surface area contributed by atoms with E-state index in [0.29, 0.717) is 10.8 Å². The van der Waals surface area contributed by atoms with Crippen LogP contribution in [0.5, 0.6) is 11.6 Å². The molecule has 8 nitrogen and oxygen atoms in total. The van der Waals surface area contributed by atoms with E-state index in [9.17, 15) is 9.59 Å². The fourth-order valence-electron chi connectivity index (χ4n) is 5.25. The minimum atomic E-state index is -1.19. The van der Waals surface area contributed by atoms with Crippen LogP contribution in [0.4, 0.5) is 0 Å². The first-order valence-electron chi connectivity index (χ1n) is 13.8. The smallest absolute Gasteiger partial charge is 0.365 e. The Morgan fingerprint density at radius 3 is 1.84 bits per heavy atom. The molecule has 0 bridgehead atoms. The fourth-order valence-corrected chi connectivity index (χ4v) is 5.43. The van der Waals surface area contributed by atoms with Gasteiger partial charge in [0.15, 0.2) is 0 Å². The number of ether oxygens (including phenoxy) is 3. The number of hydrogen-bond donors (Lipinski definition) is 0. The Labute approximate surface area is 258 Å². The van der Waals surface area contributed by atoms with Crippen molar-refractivity contribution in [1.82, 2.24) is 15.0 Å². The van der Waals surface area contributed by atoms with Crippen molar-refractivity contribution in [2.45, 2.75) is 12.5 Å². The van der Waals surface area contributed by atoms with Gasteiger partial charge in [0.2, 0.25) is 12.5 Å². The lowest BCUT2D eigenvalue weighted by atomic mass is 9.77. The van der Waals surface area contributed by atoms with E-state index in [1.165, 1.54) is 11.6 Å². The van der Waals surface area contributed by atoms with Gasteiger partial charge in [-0.05, 0) is 51.7 Å². The highest BCUT2D eigenvalue weighted by Crippen LogP contribution is 2.42. The van der Waals surface area contributed by atoms with Crippen molar-refractivity contribution in [1.29, 1.82) is 0 Å². The van der Waals surface area contributed by atoms with Crippen LogP contribution in [-0.2, 0) is 19.8 Å². The number of rotatable bonds is 9. The molecule has 0 saturated heterocycles. The van der Waals surface area contributed by atoms with Crippen molar-refractivity contribution in [2.24, 2.45) is 0 Å². The molecule has 0 aliphatic heterocycles. The van der Waals surface area contributed by atoms with Crippen molar-refractivity contribution in [3.05, 3.63) is 155 Å². The van der Waals surface area contributed by atoms with E-state index >= 15 is 0 Å². The van der Waals surface area contributed by atoms with E-state index in [1.54, 1.807) is 12.1 Å². The van der Waals surface area contributed by atoms with Crippen LogP contribution in [0.15, 0.2) is 127 Å². The van der Waals surface area contributed by atoms with E-state index in [-0.39, 0.29) is 11.6 Å². The minimum absolute atomic E-state index is 0.0788. The highest BCUT2D eigenvalue weighted by atomic mass is 35.5. The summed E-state index contributed by atoms with van der Waals surface area (Å²) in [7, 11) is 0. The third-order valence-electron chi connectivity index (χ3n) is 7.17. The van der Waals surface area contributed by atoms with Crippen molar-refractivity contribution in [2.75, 3.05) is 6.79 Å². The molecule has 0 spiro atoms. The largest absolute Gasteiger partial charge is 0.436 e. The molecule has 6 aromatic rings. The Bertz CT molecular complexity index is 1830. The van der Waals surface area contributed by atoms with Crippen LogP contribution < -0.4 is 4.74 Å². The summed E-state index contributed by atoms with van der Waals surface area (Å²) in [5.41, 5.74) is 1.17. The van der Waals surface area contributed by atoms with Gasteiger partial charge < -0.3 is 14.2 Å². The van der Waals surface area contributed by atoms with Crippen LogP contribution >= 0.6 is 11.6 Å². The van der Waals surface area contributed by atoms with Gasteiger partial charge in [-0.15, -0.1) is 0 Å². The Morgan fingerprint density at radius 2 is 1.27 bits per heavy atom. The summed E-state index contributed by atoms with van der Waals surface area (Å²) >= 11 is 6.17. The number of halogens is 1. The number of esters is 2. The first kappa shape index (κ1) is 28.6. The predicted octanol–water partition coefficient (Wildman–Crippen LogP) is 7.39. The Hall–Kier alpha value is -5.47. The van der Waals surface area contributed by atoms with E-state index in [2.05, 4.69) is 10.3 Å². The number of hydrogen-bond acceptors (Lipinski definition) is 7. The highest BCUT2D eigenvalue weighted by molar-refractivity contribution is 6.31. The van der Waals surface area contributed by atoms with Gasteiger partial charge in [0.1, 0.15) is 11.3 Å². The topological polar surface area (TPSA) is 92.5 Å². The molecule has 0 aliphatic carbocycles. The molecule has 0 fully saturated rings. The Balaban J connectivity index is 1.58. The van der Waals surface area contributed by atoms with Crippen LogP contribution in [0.25, 0.3) is 10.8 Å². The standard InChI is InChI=1S/C35H26ClN3O5/c1-24(40)42-23-43-34(41)32-33(44-31-20-18-25-21-30(36)19-17-26(25)22-31)37-38-39(32)35(27-11-5-2-6-12-27,28-13-7-3-8-14-28)29-15-9-4-10-16-29/h2-22H,23H2,1H3. The quantitative estimate of drug-likeness (QED) is 0.0966. The van der Waals surface area contributed by atoms with Crippen molar-refractivity contribution >= 4 is 34.3 Å². The molecule has 0 radical (unpaired) electrons. The zero-order valence-electron chi connectivity index (χ0n) is 23.6. The highest BCUT2D eigenvalue weighted by Gasteiger charge is 2.44. The molecule has 0 atom stereocenters. The zero-order valence-corrected chi connectivity index (χ0v) is 24.3. The summed E-state index contributed by atoms with van der Waals surface area (Å²) in [6.45, 7) is 0.636. The molecule has 9 heteroatoms. The molecule has 1 aromatic heterocycles. The monoisotopic (exact) mass is 603 g/mol. The maximum absolute atomic E-state index is 13.9. The third kappa shape index (κ3) is 5.50. The molecule has 44 heavy (non-hydrogen) atoms.